The maximum absolute atomic E-state index is 13.6. The lowest BCUT2D eigenvalue weighted by molar-refractivity contribution is 0.611. The molecule has 18 heavy (non-hydrogen) atoms. The van der Waals surface area contributed by atoms with Gasteiger partial charge in [-0.25, -0.2) is 4.39 Å². The Balaban J connectivity index is 2.40. The van der Waals surface area contributed by atoms with E-state index in [1.165, 1.54) is 11.6 Å². The number of rotatable bonds is 3. The molecule has 0 aliphatic carbocycles. The zero-order chi connectivity index (χ0) is 13.1. The van der Waals surface area contributed by atoms with Crippen LogP contribution >= 0.6 is 0 Å². The molecule has 0 saturated heterocycles. The maximum atomic E-state index is 13.6. The molecule has 2 nitrogen and oxygen atoms in total. The monoisotopic (exact) mass is 244 g/mol. The predicted octanol–water partition coefficient (Wildman–Crippen LogP) is 3.64. The minimum atomic E-state index is -0.271. The lowest BCUT2D eigenvalue weighted by Crippen LogP contribution is -2.05. The quantitative estimate of drug-likeness (QED) is 0.865. The van der Waals surface area contributed by atoms with E-state index < -0.39 is 0 Å². The Morgan fingerprint density at radius 1 is 1.06 bits per heavy atom. The highest BCUT2D eigenvalue weighted by molar-refractivity contribution is 5.67. The van der Waals surface area contributed by atoms with Gasteiger partial charge < -0.3 is 11.1 Å². The smallest absolute Gasteiger partial charge is 0.129 e. The molecule has 0 radical (unpaired) electrons. The van der Waals surface area contributed by atoms with Crippen LogP contribution in [0.25, 0.3) is 0 Å². The van der Waals surface area contributed by atoms with Crippen molar-refractivity contribution in [2.24, 2.45) is 5.73 Å². The van der Waals surface area contributed by atoms with Crippen LogP contribution in [0.15, 0.2) is 36.4 Å². The molecule has 94 valence electrons. The maximum Gasteiger partial charge on any atom is 0.129 e. The largest absolute Gasteiger partial charge is 0.355 e. The van der Waals surface area contributed by atoms with Crippen molar-refractivity contribution in [3.8, 4) is 0 Å². The van der Waals surface area contributed by atoms with Gasteiger partial charge in [-0.05, 0) is 43.2 Å². The average molecular weight is 244 g/mol. The first-order valence-electron chi connectivity index (χ1n) is 5.94. The lowest BCUT2D eigenvalue weighted by atomic mass is 10.1. The third-order valence-electron chi connectivity index (χ3n) is 3.20. The van der Waals surface area contributed by atoms with E-state index in [1.807, 2.05) is 25.1 Å². The molecule has 0 aliphatic heterocycles. The number of hydrogen-bond donors (Lipinski definition) is 2. The second-order valence-corrected chi connectivity index (χ2v) is 4.34. The van der Waals surface area contributed by atoms with E-state index in [-0.39, 0.29) is 12.4 Å². The van der Waals surface area contributed by atoms with E-state index in [4.69, 9.17) is 5.73 Å². The highest BCUT2D eigenvalue weighted by Gasteiger charge is 2.08. The van der Waals surface area contributed by atoms with Gasteiger partial charge in [0.2, 0.25) is 0 Å². The Morgan fingerprint density at radius 3 is 2.44 bits per heavy atom. The predicted molar refractivity (Wildman–Crippen MR) is 73.5 cm³/mol. The fourth-order valence-corrected chi connectivity index (χ4v) is 1.91. The van der Waals surface area contributed by atoms with Crippen molar-refractivity contribution >= 4 is 11.4 Å². The van der Waals surface area contributed by atoms with Crippen molar-refractivity contribution in [2.75, 3.05) is 5.32 Å². The molecule has 0 amide bonds. The Bertz CT molecular complexity index is 564. The fraction of sp³-hybridized carbons (Fsp3) is 0.200. The van der Waals surface area contributed by atoms with E-state index >= 15 is 0 Å². The normalized spacial score (nSPS) is 10.4. The summed E-state index contributed by atoms with van der Waals surface area (Å²) in [5.41, 5.74) is 10.2. The second kappa shape index (κ2) is 5.19. The van der Waals surface area contributed by atoms with Crippen molar-refractivity contribution in [3.63, 3.8) is 0 Å². The number of benzene rings is 2. The highest BCUT2D eigenvalue weighted by Crippen LogP contribution is 2.26. The second-order valence-electron chi connectivity index (χ2n) is 4.34. The zero-order valence-corrected chi connectivity index (χ0v) is 10.6. The first kappa shape index (κ1) is 12.6. The molecule has 2 aromatic carbocycles. The van der Waals surface area contributed by atoms with Gasteiger partial charge in [-0.3, -0.25) is 0 Å². The summed E-state index contributed by atoms with van der Waals surface area (Å²) in [6, 6.07) is 11.0. The van der Waals surface area contributed by atoms with Crippen molar-refractivity contribution in [1.29, 1.82) is 0 Å². The minimum Gasteiger partial charge on any atom is -0.355 e. The van der Waals surface area contributed by atoms with Gasteiger partial charge in [0, 0.05) is 23.5 Å². The van der Waals surface area contributed by atoms with Crippen LogP contribution in [0.1, 0.15) is 16.7 Å². The Morgan fingerprint density at radius 2 is 1.72 bits per heavy atom. The summed E-state index contributed by atoms with van der Waals surface area (Å²) in [4.78, 5) is 0. The summed E-state index contributed by atoms with van der Waals surface area (Å²) in [6.45, 7) is 4.27. The van der Waals surface area contributed by atoms with Crippen molar-refractivity contribution in [3.05, 3.63) is 58.9 Å². The van der Waals surface area contributed by atoms with Crippen LogP contribution in [-0.4, -0.2) is 0 Å². The summed E-state index contributed by atoms with van der Waals surface area (Å²) >= 11 is 0. The van der Waals surface area contributed by atoms with Gasteiger partial charge in [-0.15, -0.1) is 0 Å². The number of halogens is 1. The Labute approximate surface area is 107 Å². The minimum absolute atomic E-state index is 0.180. The Hall–Kier alpha value is -1.87. The van der Waals surface area contributed by atoms with Gasteiger partial charge in [0.1, 0.15) is 5.82 Å². The number of aryl methyl sites for hydroxylation is 1. The van der Waals surface area contributed by atoms with E-state index in [1.54, 1.807) is 6.07 Å². The van der Waals surface area contributed by atoms with E-state index in [9.17, 15) is 4.39 Å². The molecule has 0 saturated carbocycles. The lowest BCUT2D eigenvalue weighted by Gasteiger charge is -2.14. The Kier molecular flexibility index (Phi) is 3.63. The molecule has 3 N–H and O–H groups in total. The molecule has 0 bridgehead atoms. The van der Waals surface area contributed by atoms with Gasteiger partial charge in [0.25, 0.3) is 0 Å². The topological polar surface area (TPSA) is 38.0 Å². The molecule has 2 aromatic rings. The summed E-state index contributed by atoms with van der Waals surface area (Å²) < 4.78 is 13.6. The van der Waals surface area contributed by atoms with Crippen LogP contribution in [0, 0.1) is 19.7 Å². The molecular weight excluding hydrogens is 227 g/mol. The van der Waals surface area contributed by atoms with E-state index in [0.29, 0.717) is 5.56 Å². The van der Waals surface area contributed by atoms with Crippen LogP contribution in [0.5, 0.6) is 0 Å². The third-order valence-corrected chi connectivity index (χ3v) is 3.20. The third kappa shape index (κ3) is 2.36. The average Bonchev–Trinajstić information content (AvgIpc) is 2.35. The molecule has 3 heteroatoms. The van der Waals surface area contributed by atoms with Crippen molar-refractivity contribution < 1.29 is 4.39 Å². The number of anilines is 2. The standard InChI is InChI=1S/C15H17FN2/c1-10-5-3-7-14(11(10)2)18-15-8-4-6-13(16)12(15)9-17/h3-8,18H,9,17H2,1-2H3. The fourth-order valence-electron chi connectivity index (χ4n) is 1.91. The van der Waals surface area contributed by atoms with Crippen LogP contribution in [-0.2, 0) is 6.54 Å². The van der Waals surface area contributed by atoms with Gasteiger partial charge >= 0.3 is 0 Å². The summed E-state index contributed by atoms with van der Waals surface area (Å²) in [5.74, 6) is -0.271. The van der Waals surface area contributed by atoms with Crippen LogP contribution < -0.4 is 11.1 Å². The van der Waals surface area contributed by atoms with Crippen molar-refractivity contribution in [2.45, 2.75) is 20.4 Å². The molecule has 0 aromatic heterocycles. The molecule has 0 atom stereocenters. The van der Waals surface area contributed by atoms with Gasteiger partial charge in [-0.2, -0.15) is 0 Å². The van der Waals surface area contributed by atoms with Crippen molar-refractivity contribution in [1.82, 2.24) is 0 Å². The SMILES string of the molecule is Cc1cccc(Nc2cccc(F)c2CN)c1C. The number of hydrogen-bond acceptors (Lipinski definition) is 2. The first-order chi connectivity index (χ1) is 8.63. The summed E-state index contributed by atoms with van der Waals surface area (Å²) in [5, 5.41) is 3.25. The van der Waals surface area contributed by atoms with Crippen LogP contribution in [0.3, 0.4) is 0 Å². The number of nitrogens with one attached hydrogen (secondary N) is 1. The van der Waals surface area contributed by atoms with Gasteiger partial charge in [0.15, 0.2) is 0 Å². The first-order valence-corrected chi connectivity index (χ1v) is 5.94. The van der Waals surface area contributed by atoms with Gasteiger partial charge in [-0.1, -0.05) is 18.2 Å². The zero-order valence-electron chi connectivity index (χ0n) is 10.6. The van der Waals surface area contributed by atoms with Gasteiger partial charge in [0.05, 0.1) is 0 Å². The van der Waals surface area contributed by atoms with Crippen LogP contribution in [0.2, 0.25) is 0 Å². The summed E-state index contributed by atoms with van der Waals surface area (Å²) in [7, 11) is 0. The number of nitrogens with two attached hydrogens (primary N) is 1. The van der Waals surface area contributed by atoms with E-state index in [0.717, 1.165) is 16.9 Å². The summed E-state index contributed by atoms with van der Waals surface area (Å²) in [6.07, 6.45) is 0. The molecular formula is C15H17FN2. The molecule has 0 spiro atoms. The molecule has 0 heterocycles. The molecule has 2 rings (SSSR count). The molecule has 0 fully saturated rings. The highest BCUT2D eigenvalue weighted by atomic mass is 19.1. The van der Waals surface area contributed by atoms with Crippen LogP contribution in [0.4, 0.5) is 15.8 Å². The molecule has 0 unspecified atom stereocenters. The molecule has 0 aliphatic rings. The van der Waals surface area contributed by atoms with E-state index in [2.05, 4.69) is 18.3 Å².